The summed E-state index contributed by atoms with van der Waals surface area (Å²) in [4.78, 5) is 23.0. The van der Waals surface area contributed by atoms with Gasteiger partial charge in [-0.25, -0.2) is 19.2 Å². The standard InChI is InChI=1S/C22H26FN5O3/c1-12(2)18(19-13(3)16-7-14(23)5-6-17(16)31-19)27-21(29)26-15-8-24-20(25-9-15)28-10-22(4,30)11-28/h5-9,12,18,30H,10-11H2,1-4H3,(H2,26,27,29)/t18-/m1/s1. The van der Waals surface area contributed by atoms with E-state index in [0.29, 0.717) is 41.5 Å². The molecule has 0 saturated carbocycles. The minimum Gasteiger partial charge on any atom is -0.459 e. The predicted octanol–water partition coefficient (Wildman–Crippen LogP) is 3.76. The number of β-amino-alcohol motifs (C(OH)–C–C–N with tert-alkyl or cyclic N) is 1. The van der Waals surface area contributed by atoms with E-state index in [9.17, 15) is 14.3 Å². The number of carbonyl (C=O) groups is 1. The lowest BCUT2D eigenvalue weighted by atomic mass is 9.98. The molecule has 4 rings (SSSR count). The second-order valence-electron chi connectivity index (χ2n) is 8.68. The molecule has 1 aliphatic heterocycles. The molecule has 0 unspecified atom stereocenters. The van der Waals surface area contributed by atoms with E-state index >= 15 is 0 Å². The van der Waals surface area contributed by atoms with Gasteiger partial charge in [0.15, 0.2) is 0 Å². The Morgan fingerprint density at radius 1 is 1.29 bits per heavy atom. The van der Waals surface area contributed by atoms with Gasteiger partial charge in [0.05, 0.1) is 42.8 Å². The lowest BCUT2D eigenvalue weighted by Crippen LogP contribution is -2.60. The highest BCUT2D eigenvalue weighted by Crippen LogP contribution is 2.33. The van der Waals surface area contributed by atoms with Crippen LogP contribution in [0.5, 0.6) is 0 Å². The van der Waals surface area contributed by atoms with Crippen LogP contribution < -0.4 is 15.5 Å². The van der Waals surface area contributed by atoms with Crippen molar-refractivity contribution in [1.82, 2.24) is 15.3 Å². The van der Waals surface area contributed by atoms with Crippen LogP contribution in [0.4, 0.5) is 20.8 Å². The van der Waals surface area contributed by atoms with Crippen molar-refractivity contribution >= 4 is 28.6 Å². The number of aryl methyl sites for hydroxylation is 1. The van der Waals surface area contributed by atoms with E-state index < -0.39 is 17.7 Å². The monoisotopic (exact) mass is 427 g/mol. The summed E-state index contributed by atoms with van der Waals surface area (Å²) in [5, 5.41) is 16.2. The summed E-state index contributed by atoms with van der Waals surface area (Å²) in [7, 11) is 0. The molecule has 0 spiro atoms. The molecular formula is C22H26FN5O3. The molecule has 0 radical (unpaired) electrons. The lowest BCUT2D eigenvalue weighted by molar-refractivity contribution is 0.0300. The van der Waals surface area contributed by atoms with Gasteiger partial charge in [0.2, 0.25) is 5.95 Å². The van der Waals surface area contributed by atoms with Crippen molar-refractivity contribution in [2.75, 3.05) is 23.3 Å². The lowest BCUT2D eigenvalue weighted by Gasteiger charge is -2.44. The van der Waals surface area contributed by atoms with Gasteiger partial charge in [-0.2, -0.15) is 0 Å². The quantitative estimate of drug-likeness (QED) is 0.573. The smallest absolute Gasteiger partial charge is 0.319 e. The number of aliphatic hydroxyl groups is 1. The first-order valence-electron chi connectivity index (χ1n) is 10.2. The molecule has 0 aliphatic carbocycles. The van der Waals surface area contributed by atoms with Gasteiger partial charge in [0.1, 0.15) is 17.2 Å². The zero-order chi connectivity index (χ0) is 22.3. The second-order valence-corrected chi connectivity index (χ2v) is 8.68. The van der Waals surface area contributed by atoms with Crippen LogP contribution in [-0.4, -0.2) is 39.8 Å². The molecule has 1 atom stereocenters. The molecule has 164 valence electrons. The number of halogens is 1. The van der Waals surface area contributed by atoms with E-state index in [0.717, 1.165) is 5.56 Å². The van der Waals surface area contributed by atoms with Crippen molar-refractivity contribution in [1.29, 1.82) is 0 Å². The molecule has 2 aromatic heterocycles. The van der Waals surface area contributed by atoms with E-state index in [1.807, 2.05) is 25.7 Å². The number of hydrogen-bond acceptors (Lipinski definition) is 6. The van der Waals surface area contributed by atoms with Gasteiger partial charge in [-0.15, -0.1) is 0 Å². The van der Waals surface area contributed by atoms with Crippen LogP contribution in [0.1, 0.15) is 38.1 Å². The van der Waals surface area contributed by atoms with Gasteiger partial charge in [-0.05, 0) is 38.0 Å². The number of anilines is 2. The number of urea groups is 1. The number of nitrogens with zero attached hydrogens (tertiary/aromatic N) is 3. The molecule has 1 saturated heterocycles. The van der Waals surface area contributed by atoms with Crippen molar-refractivity contribution in [2.45, 2.75) is 39.3 Å². The number of amides is 2. The van der Waals surface area contributed by atoms with Crippen LogP contribution in [0.2, 0.25) is 0 Å². The van der Waals surface area contributed by atoms with E-state index in [2.05, 4.69) is 20.6 Å². The maximum Gasteiger partial charge on any atom is 0.319 e. The number of furan rings is 1. The fraction of sp³-hybridized carbons (Fsp3) is 0.409. The summed E-state index contributed by atoms with van der Waals surface area (Å²) in [6, 6.07) is 3.55. The average molecular weight is 427 g/mol. The fourth-order valence-corrected chi connectivity index (χ4v) is 3.82. The SMILES string of the molecule is Cc1c([C@H](NC(=O)Nc2cnc(N3CC(C)(O)C3)nc2)C(C)C)oc2ccc(F)cc12. The van der Waals surface area contributed by atoms with Crippen LogP contribution in [0.3, 0.4) is 0 Å². The molecular weight excluding hydrogens is 401 g/mol. The molecule has 1 fully saturated rings. The number of hydrogen-bond donors (Lipinski definition) is 3. The Morgan fingerprint density at radius 2 is 1.97 bits per heavy atom. The first-order valence-corrected chi connectivity index (χ1v) is 10.2. The Bertz CT molecular complexity index is 1100. The molecule has 9 heteroatoms. The normalized spacial score (nSPS) is 16.3. The summed E-state index contributed by atoms with van der Waals surface area (Å²) < 4.78 is 19.6. The van der Waals surface area contributed by atoms with E-state index in [1.165, 1.54) is 24.5 Å². The minimum absolute atomic E-state index is 0.0349. The number of nitrogens with one attached hydrogen (secondary N) is 2. The summed E-state index contributed by atoms with van der Waals surface area (Å²) in [6.45, 7) is 8.49. The van der Waals surface area contributed by atoms with Gasteiger partial charge < -0.3 is 25.1 Å². The zero-order valence-corrected chi connectivity index (χ0v) is 17.9. The van der Waals surface area contributed by atoms with Crippen molar-refractivity contribution in [2.24, 2.45) is 5.92 Å². The Kier molecular flexibility index (Phi) is 5.30. The van der Waals surface area contributed by atoms with Crippen LogP contribution in [0.15, 0.2) is 35.0 Å². The second kappa shape index (κ2) is 7.81. The molecule has 1 aromatic carbocycles. The summed E-state index contributed by atoms with van der Waals surface area (Å²) in [5.41, 5.74) is 1.11. The van der Waals surface area contributed by atoms with Crippen molar-refractivity contribution in [3.63, 3.8) is 0 Å². The molecule has 3 N–H and O–H groups in total. The Hall–Kier alpha value is -3.20. The van der Waals surface area contributed by atoms with Crippen molar-refractivity contribution < 1.29 is 18.7 Å². The number of carbonyl (C=O) groups excluding carboxylic acids is 1. The third-order valence-corrected chi connectivity index (χ3v) is 5.41. The van der Waals surface area contributed by atoms with E-state index in [-0.39, 0.29) is 11.7 Å². The average Bonchev–Trinajstić information content (AvgIpc) is 3.00. The third-order valence-electron chi connectivity index (χ3n) is 5.41. The largest absolute Gasteiger partial charge is 0.459 e. The summed E-state index contributed by atoms with van der Waals surface area (Å²) >= 11 is 0. The van der Waals surface area contributed by atoms with Crippen molar-refractivity contribution in [3.8, 4) is 0 Å². The maximum atomic E-state index is 13.6. The Labute approximate surface area is 179 Å². The topological polar surface area (TPSA) is 104 Å². The molecule has 1 aliphatic rings. The molecule has 31 heavy (non-hydrogen) atoms. The minimum atomic E-state index is -0.716. The first-order chi connectivity index (χ1) is 14.6. The zero-order valence-electron chi connectivity index (χ0n) is 17.9. The van der Waals surface area contributed by atoms with Gasteiger partial charge in [-0.3, -0.25) is 0 Å². The van der Waals surface area contributed by atoms with Crippen LogP contribution >= 0.6 is 0 Å². The third kappa shape index (κ3) is 4.32. The van der Waals surface area contributed by atoms with Crippen LogP contribution in [-0.2, 0) is 0 Å². The summed E-state index contributed by atoms with van der Waals surface area (Å²) in [5.74, 6) is 0.803. The summed E-state index contributed by atoms with van der Waals surface area (Å²) in [6.07, 6.45) is 3.04. The number of benzene rings is 1. The maximum absolute atomic E-state index is 13.6. The van der Waals surface area contributed by atoms with Gasteiger partial charge >= 0.3 is 6.03 Å². The van der Waals surface area contributed by atoms with Crippen LogP contribution in [0.25, 0.3) is 11.0 Å². The molecule has 3 heterocycles. The first kappa shape index (κ1) is 21.0. The highest BCUT2D eigenvalue weighted by molar-refractivity contribution is 5.89. The molecule has 3 aromatic rings. The molecule has 0 bridgehead atoms. The van der Waals surface area contributed by atoms with Gasteiger partial charge in [0.25, 0.3) is 0 Å². The predicted molar refractivity (Wildman–Crippen MR) is 116 cm³/mol. The van der Waals surface area contributed by atoms with Crippen molar-refractivity contribution in [3.05, 3.63) is 47.7 Å². The number of rotatable bonds is 5. The highest BCUT2D eigenvalue weighted by atomic mass is 19.1. The fourth-order valence-electron chi connectivity index (χ4n) is 3.82. The number of fused-ring (bicyclic) bond motifs is 1. The van der Waals surface area contributed by atoms with Crippen LogP contribution in [0, 0.1) is 18.7 Å². The van der Waals surface area contributed by atoms with E-state index in [4.69, 9.17) is 4.42 Å². The Balaban J connectivity index is 1.45. The highest BCUT2D eigenvalue weighted by Gasteiger charge is 2.37. The molecule has 8 nitrogen and oxygen atoms in total. The van der Waals surface area contributed by atoms with Gasteiger partial charge in [0, 0.05) is 10.9 Å². The number of aromatic nitrogens is 2. The Morgan fingerprint density at radius 3 is 2.58 bits per heavy atom. The van der Waals surface area contributed by atoms with E-state index in [1.54, 1.807) is 13.0 Å². The van der Waals surface area contributed by atoms with Gasteiger partial charge in [-0.1, -0.05) is 13.8 Å². The molecule has 2 amide bonds.